The summed E-state index contributed by atoms with van der Waals surface area (Å²) in [6.07, 6.45) is 3.59. The molecule has 0 saturated carbocycles. The highest BCUT2D eigenvalue weighted by atomic mass is 16.5. The standard InChI is InChI=1S/C18H17N5O3/c24-17(11-23-12-19-15-5-2-1-4-14(15)18(23)25)22-9-7-13(10-22)26-16-6-3-8-20-21-16/h1-6,8,12-13H,7,9-11H2. The number of carbonyl (C=O) groups is 1. The van der Waals surface area contributed by atoms with Gasteiger partial charge in [0.25, 0.3) is 5.56 Å². The van der Waals surface area contributed by atoms with Crippen molar-refractivity contribution in [2.24, 2.45) is 0 Å². The van der Waals surface area contributed by atoms with Crippen LogP contribution < -0.4 is 10.3 Å². The molecule has 1 aliphatic rings. The van der Waals surface area contributed by atoms with Crippen molar-refractivity contribution < 1.29 is 9.53 Å². The van der Waals surface area contributed by atoms with Crippen LogP contribution in [0, 0.1) is 0 Å². The van der Waals surface area contributed by atoms with E-state index in [0.29, 0.717) is 36.3 Å². The SMILES string of the molecule is O=C(Cn1cnc2ccccc2c1=O)N1CCC(Oc2cccnn2)C1. The average Bonchev–Trinajstić information content (AvgIpc) is 3.14. The molecule has 132 valence electrons. The Bertz CT molecular complexity index is 989. The molecule has 0 bridgehead atoms. The van der Waals surface area contributed by atoms with Gasteiger partial charge in [0.2, 0.25) is 11.8 Å². The quantitative estimate of drug-likeness (QED) is 0.693. The third-order valence-corrected chi connectivity index (χ3v) is 4.37. The van der Waals surface area contributed by atoms with Gasteiger partial charge in [0.1, 0.15) is 12.6 Å². The summed E-state index contributed by atoms with van der Waals surface area (Å²) >= 11 is 0. The zero-order chi connectivity index (χ0) is 17.9. The largest absolute Gasteiger partial charge is 0.471 e. The normalized spacial score (nSPS) is 16.8. The molecule has 1 aliphatic heterocycles. The summed E-state index contributed by atoms with van der Waals surface area (Å²) in [6.45, 7) is 1.01. The van der Waals surface area contributed by atoms with Crippen LogP contribution in [0.15, 0.2) is 53.7 Å². The number of carbonyl (C=O) groups excluding carboxylic acids is 1. The van der Waals surface area contributed by atoms with Gasteiger partial charge in [-0.15, -0.1) is 5.10 Å². The second kappa shape index (κ2) is 6.91. The lowest BCUT2D eigenvalue weighted by Crippen LogP contribution is -2.36. The number of para-hydroxylation sites is 1. The molecular weight excluding hydrogens is 334 g/mol. The predicted octanol–water partition coefficient (Wildman–Crippen LogP) is 0.866. The monoisotopic (exact) mass is 351 g/mol. The number of nitrogens with zero attached hydrogens (tertiary/aromatic N) is 5. The van der Waals surface area contributed by atoms with E-state index in [0.717, 1.165) is 0 Å². The summed E-state index contributed by atoms with van der Waals surface area (Å²) in [6, 6.07) is 10.6. The van der Waals surface area contributed by atoms with Gasteiger partial charge in [-0.3, -0.25) is 14.2 Å². The van der Waals surface area contributed by atoms with E-state index < -0.39 is 0 Å². The van der Waals surface area contributed by atoms with Crippen LogP contribution in [-0.2, 0) is 11.3 Å². The second-order valence-corrected chi connectivity index (χ2v) is 6.12. The van der Waals surface area contributed by atoms with Crippen molar-refractivity contribution in [2.45, 2.75) is 19.1 Å². The third-order valence-electron chi connectivity index (χ3n) is 4.37. The number of ether oxygens (including phenoxy) is 1. The fourth-order valence-corrected chi connectivity index (χ4v) is 3.04. The molecule has 2 aromatic heterocycles. The summed E-state index contributed by atoms with van der Waals surface area (Å²) in [5.74, 6) is 0.316. The Labute approximate surface area is 149 Å². The first kappa shape index (κ1) is 16.2. The van der Waals surface area contributed by atoms with Crippen LogP contribution >= 0.6 is 0 Å². The second-order valence-electron chi connectivity index (χ2n) is 6.12. The molecule has 1 saturated heterocycles. The van der Waals surface area contributed by atoms with Crippen LogP contribution in [0.3, 0.4) is 0 Å². The highest BCUT2D eigenvalue weighted by Crippen LogP contribution is 2.16. The molecule has 3 aromatic rings. The molecule has 0 N–H and O–H groups in total. The fourth-order valence-electron chi connectivity index (χ4n) is 3.04. The van der Waals surface area contributed by atoms with Gasteiger partial charge >= 0.3 is 0 Å². The van der Waals surface area contributed by atoms with Crippen molar-refractivity contribution in [1.29, 1.82) is 0 Å². The molecule has 0 aliphatic carbocycles. The van der Waals surface area contributed by atoms with E-state index in [1.54, 1.807) is 41.4 Å². The number of aromatic nitrogens is 4. The van der Waals surface area contributed by atoms with Crippen molar-refractivity contribution in [3.05, 3.63) is 59.3 Å². The molecule has 1 amide bonds. The summed E-state index contributed by atoms with van der Waals surface area (Å²) in [7, 11) is 0. The van der Waals surface area contributed by atoms with Gasteiger partial charge < -0.3 is 9.64 Å². The first-order valence-electron chi connectivity index (χ1n) is 8.37. The number of fused-ring (bicyclic) bond motifs is 1. The Hall–Kier alpha value is -3.29. The number of rotatable bonds is 4. The maximum Gasteiger partial charge on any atom is 0.261 e. The van der Waals surface area contributed by atoms with Gasteiger partial charge in [0.05, 0.1) is 23.8 Å². The molecule has 1 unspecified atom stereocenters. The van der Waals surface area contributed by atoms with Crippen LogP contribution in [0.5, 0.6) is 5.88 Å². The lowest BCUT2D eigenvalue weighted by Gasteiger charge is -2.17. The van der Waals surface area contributed by atoms with Gasteiger partial charge in [-0.2, -0.15) is 5.10 Å². The van der Waals surface area contributed by atoms with Crippen LogP contribution in [0.4, 0.5) is 0 Å². The van der Waals surface area contributed by atoms with Crippen molar-refractivity contribution in [2.75, 3.05) is 13.1 Å². The highest BCUT2D eigenvalue weighted by Gasteiger charge is 2.28. The number of hydrogen-bond acceptors (Lipinski definition) is 6. The molecule has 4 rings (SSSR count). The Kier molecular flexibility index (Phi) is 4.30. The van der Waals surface area contributed by atoms with Crippen LogP contribution in [0.2, 0.25) is 0 Å². The summed E-state index contributed by atoms with van der Waals surface area (Å²) in [5.41, 5.74) is 0.412. The van der Waals surface area contributed by atoms with E-state index in [-0.39, 0.29) is 24.1 Å². The van der Waals surface area contributed by atoms with E-state index in [9.17, 15) is 9.59 Å². The minimum absolute atomic E-state index is 0.0332. The number of benzene rings is 1. The third kappa shape index (κ3) is 3.26. The molecule has 3 heterocycles. The summed E-state index contributed by atoms with van der Waals surface area (Å²) in [4.78, 5) is 31.0. The Morgan fingerprint density at radius 3 is 2.96 bits per heavy atom. The molecule has 1 aromatic carbocycles. The predicted molar refractivity (Wildman–Crippen MR) is 93.6 cm³/mol. The van der Waals surface area contributed by atoms with Gasteiger partial charge in [-0.1, -0.05) is 12.1 Å². The van der Waals surface area contributed by atoms with E-state index in [1.165, 1.54) is 10.9 Å². The smallest absolute Gasteiger partial charge is 0.261 e. The topological polar surface area (TPSA) is 90.2 Å². The summed E-state index contributed by atoms with van der Waals surface area (Å²) < 4.78 is 7.09. The molecule has 8 heteroatoms. The molecule has 0 radical (unpaired) electrons. The molecule has 0 spiro atoms. The first-order valence-corrected chi connectivity index (χ1v) is 8.37. The molecule has 1 fully saturated rings. The minimum Gasteiger partial charge on any atom is -0.471 e. The molecular formula is C18H17N5O3. The zero-order valence-electron chi connectivity index (χ0n) is 14.0. The zero-order valence-corrected chi connectivity index (χ0v) is 14.0. The highest BCUT2D eigenvalue weighted by molar-refractivity contribution is 5.79. The Morgan fingerprint density at radius 2 is 2.12 bits per heavy atom. The van der Waals surface area contributed by atoms with Gasteiger partial charge in [0.15, 0.2) is 0 Å². The Morgan fingerprint density at radius 1 is 1.23 bits per heavy atom. The van der Waals surface area contributed by atoms with Crippen LogP contribution in [-0.4, -0.2) is 49.7 Å². The maximum absolute atomic E-state index is 12.6. The van der Waals surface area contributed by atoms with Crippen LogP contribution in [0.25, 0.3) is 10.9 Å². The minimum atomic E-state index is -0.212. The maximum atomic E-state index is 12.6. The van der Waals surface area contributed by atoms with Gasteiger partial charge in [0, 0.05) is 25.2 Å². The lowest BCUT2D eigenvalue weighted by molar-refractivity contribution is -0.131. The summed E-state index contributed by atoms with van der Waals surface area (Å²) in [5, 5.41) is 8.17. The van der Waals surface area contributed by atoms with Crippen molar-refractivity contribution >= 4 is 16.8 Å². The molecule has 1 atom stereocenters. The van der Waals surface area contributed by atoms with E-state index in [1.807, 2.05) is 6.07 Å². The van der Waals surface area contributed by atoms with Crippen molar-refractivity contribution in [3.8, 4) is 5.88 Å². The number of likely N-dealkylation sites (tertiary alicyclic amines) is 1. The van der Waals surface area contributed by atoms with E-state index in [4.69, 9.17) is 4.74 Å². The van der Waals surface area contributed by atoms with Crippen molar-refractivity contribution in [3.63, 3.8) is 0 Å². The Balaban J connectivity index is 1.43. The molecule has 26 heavy (non-hydrogen) atoms. The first-order chi connectivity index (χ1) is 12.7. The van der Waals surface area contributed by atoms with E-state index >= 15 is 0 Å². The van der Waals surface area contributed by atoms with Crippen LogP contribution in [0.1, 0.15) is 6.42 Å². The van der Waals surface area contributed by atoms with Gasteiger partial charge in [-0.05, 0) is 18.2 Å². The lowest BCUT2D eigenvalue weighted by atomic mass is 10.2. The number of hydrogen-bond donors (Lipinski definition) is 0. The fraction of sp³-hybridized carbons (Fsp3) is 0.278. The van der Waals surface area contributed by atoms with Crippen molar-refractivity contribution in [1.82, 2.24) is 24.6 Å². The number of amides is 1. The van der Waals surface area contributed by atoms with Gasteiger partial charge in [-0.25, -0.2) is 4.98 Å². The average molecular weight is 351 g/mol. The van der Waals surface area contributed by atoms with E-state index in [2.05, 4.69) is 15.2 Å². The molecule has 8 nitrogen and oxygen atoms in total.